The quantitative estimate of drug-likeness (QED) is 0.125. The van der Waals surface area contributed by atoms with Crippen LogP contribution in [-0.2, 0) is 25.3 Å². The van der Waals surface area contributed by atoms with E-state index in [9.17, 15) is 14.4 Å². The first-order chi connectivity index (χ1) is 18.6. The Labute approximate surface area is 232 Å². The minimum atomic E-state index is -0.569. The van der Waals surface area contributed by atoms with Crippen molar-refractivity contribution in [3.05, 3.63) is 108 Å². The first kappa shape index (κ1) is 29.2. The van der Waals surface area contributed by atoms with Crippen molar-refractivity contribution in [1.29, 1.82) is 0 Å². The van der Waals surface area contributed by atoms with Gasteiger partial charge in [-0.15, -0.1) is 0 Å². The maximum absolute atomic E-state index is 12.2. The molecule has 0 N–H and O–H groups in total. The Balaban J connectivity index is 1.95. The van der Waals surface area contributed by atoms with E-state index in [1.54, 1.807) is 83.2 Å². The molecule has 0 saturated carbocycles. The van der Waals surface area contributed by atoms with Gasteiger partial charge in [0, 0.05) is 16.7 Å². The molecule has 0 bridgehead atoms. The van der Waals surface area contributed by atoms with Crippen LogP contribution in [0.1, 0.15) is 34.6 Å². The van der Waals surface area contributed by atoms with E-state index in [-0.39, 0.29) is 0 Å². The topological polar surface area (TPSA) is 78.9 Å². The molecule has 200 valence electrons. The van der Waals surface area contributed by atoms with E-state index in [2.05, 4.69) is 6.58 Å². The van der Waals surface area contributed by atoms with Crippen molar-refractivity contribution in [2.45, 2.75) is 49.3 Å². The highest BCUT2D eigenvalue weighted by Crippen LogP contribution is 2.34. The normalized spacial score (nSPS) is 11.6. The predicted molar refractivity (Wildman–Crippen MR) is 152 cm³/mol. The van der Waals surface area contributed by atoms with Crippen molar-refractivity contribution in [3.63, 3.8) is 0 Å². The summed E-state index contributed by atoms with van der Waals surface area (Å²) in [5.41, 5.74) is 1.36. The van der Waals surface area contributed by atoms with Crippen LogP contribution in [0.15, 0.2) is 123 Å². The number of benzene rings is 3. The molecule has 3 rings (SSSR count). The molecule has 0 spiro atoms. The zero-order valence-electron chi connectivity index (χ0n) is 22.6. The molecule has 39 heavy (non-hydrogen) atoms. The van der Waals surface area contributed by atoms with Crippen LogP contribution in [0, 0.1) is 0 Å². The smallest absolute Gasteiger partial charge is 0.338 e. The van der Waals surface area contributed by atoms with Gasteiger partial charge < -0.3 is 14.2 Å². The second-order valence-corrected chi connectivity index (χ2v) is 10.6. The summed E-state index contributed by atoms with van der Waals surface area (Å²) in [4.78, 5) is 39.1. The van der Waals surface area contributed by atoms with Gasteiger partial charge in [0.2, 0.25) is 0 Å². The standard InChI is InChI=1S/C32H31O6S/c1-7-22(5)31(34)37-25-11-17-28(18-12-25)39(27-15-9-24(10-16-27)36-30(33)21(3)4)29-19-13-26(14-20-29)38-32(35)23(6)8-2/h7-20H,3H2,1-2,4-6H3/q+1/b22-7+,23-8+. The Hall–Kier alpha value is -4.36. The fourth-order valence-corrected chi connectivity index (χ4v) is 5.19. The predicted octanol–water partition coefficient (Wildman–Crippen LogP) is 7.01. The van der Waals surface area contributed by atoms with Crippen molar-refractivity contribution in [2.24, 2.45) is 0 Å². The van der Waals surface area contributed by atoms with Gasteiger partial charge in [0.25, 0.3) is 0 Å². The van der Waals surface area contributed by atoms with E-state index >= 15 is 0 Å². The number of rotatable bonds is 9. The molecule has 0 aliphatic carbocycles. The first-order valence-corrected chi connectivity index (χ1v) is 13.5. The molecule has 0 unspecified atom stereocenters. The Morgan fingerprint density at radius 1 is 0.564 bits per heavy atom. The molecule has 6 nitrogen and oxygen atoms in total. The van der Waals surface area contributed by atoms with Crippen molar-refractivity contribution >= 4 is 28.8 Å². The second kappa shape index (κ2) is 13.4. The molecule has 7 heteroatoms. The number of hydrogen-bond donors (Lipinski definition) is 0. The van der Waals surface area contributed by atoms with Crippen LogP contribution in [-0.4, -0.2) is 17.9 Å². The molecule has 3 aromatic rings. The van der Waals surface area contributed by atoms with Gasteiger partial charge in [-0.2, -0.15) is 0 Å². The van der Waals surface area contributed by atoms with E-state index in [4.69, 9.17) is 14.2 Å². The Morgan fingerprint density at radius 3 is 1.10 bits per heavy atom. The highest BCUT2D eigenvalue weighted by Gasteiger charge is 2.29. The Bertz CT molecular complexity index is 1340. The average molecular weight is 544 g/mol. The van der Waals surface area contributed by atoms with Gasteiger partial charge in [0.1, 0.15) is 17.2 Å². The lowest BCUT2D eigenvalue weighted by Gasteiger charge is -2.11. The minimum Gasteiger partial charge on any atom is -0.423 e. The average Bonchev–Trinajstić information content (AvgIpc) is 2.94. The van der Waals surface area contributed by atoms with Crippen LogP contribution in [0.5, 0.6) is 17.2 Å². The zero-order valence-corrected chi connectivity index (χ0v) is 23.5. The van der Waals surface area contributed by atoms with Gasteiger partial charge in [0.05, 0.1) is 10.9 Å². The number of carbonyl (C=O) groups is 3. The van der Waals surface area contributed by atoms with Gasteiger partial charge in [-0.3, -0.25) is 0 Å². The van der Waals surface area contributed by atoms with Crippen LogP contribution in [0.3, 0.4) is 0 Å². The summed E-state index contributed by atoms with van der Waals surface area (Å²) in [6.45, 7) is 12.2. The fraction of sp³-hybridized carbons (Fsp3) is 0.156. The summed E-state index contributed by atoms with van der Waals surface area (Å²) in [7, 11) is -0.569. The highest BCUT2D eigenvalue weighted by atomic mass is 32.2. The third-order valence-electron chi connectivity index (χ3n) is 5.67. The SMILES string of the molecule is C=C(C)C(=O)Oc1ccc([S+](c2ccc(OC(=O)/C(C)=C/C)cc2)c2ccc(OC(=O)/C(C)=C/C)cc2)cc1. The van der Waals surface area contributed by atoms with E-state index in [1.807, 2.05) is 36.4 Å². The van der Waals surface area contributed by atoms with Crippen LogP contribution < -0.4 is 14.2 Å². The number of esters is 3. The summed E-state index contributed by atoms with van der Waals surface area (Å²) in [5.74, 6) is 0.0102. The number of ether oxygens (including phenoxy) is 3. The van der Waals surface area contributed by atoms with Crippen LogP contribution in [0.25, 0.3) is 0 Å². The molecule has 0 saturated heterocycles. The molecule has 0 radical (unpaired) electrons. The monoisotopic (exact) mass is 543 g/mol. The summed E-state index contributed by atoms with van der Waals surface area (Å²) >= 11 is 0. The number of hydrogen-bond acceptors (Lipinski definition) is 6. The molecule has 0 amide bonds. The molecule has 0 heterocycles. The summed E-state index contributed by atoms with van der Waals surface area (Å²) < 4.78 is 16.3. The molecule has 0 fully saturated rings. The minimum absolute atomic E-state index is 0.314. The van der Waals surface area contributed by atoms with Crippen molar-refractivity contribution < 1.29 is 28.6 Å². The summed E-state index contributed by atoms with van der Waals surface area (Å²) in [5, 5.41) is 0. The zero-order chi connectivity index (χ0) is 28.5. The number of allylic oxidation sites excluding steroid dienone is 2. The van der Waals surface area contributed by atoms with Gasteiger partial charge >= 0.3 is 17.9 Å². The van der Waals surface area contributed by atoms with Crippen molar-refractivity contribution in [3.8, 4) is 17.2 Å². The van der Waals surface area contributed by atoms with E-state index < -0.39 is 28.8 Å². The van der Waals surface area contributed by atoms with Gasteiger partial charge in [-0.05, 0) is 107 Å². The lowest BCUT2D eigenvalue weighted by atomic mass is 10.3. The maximum Gasteiger partial charge on any atom is 0.338 e. The van der Waals surface area contributed by atoms with Crippen LogP contribution >= 0.6 is 0 Å². The number of carbonyl (C=O) groups excluding carboxylic acids is 3. The van der Waals surface area contributed by atoms with Gasteiger partial charge in [-0.25, -0.2) is 14.4 Å². The fourth-order valence-electron chi connectivity index (χ4n) is 3.14. The van der Waals surface area contributed by atoms with Crippen LogP contribution in [0.4, 0.5) is 0 Å². The van der Waals surface area contributed by atoms with E-state index in [1.165, 1.54) is 0 Å². The molecule has 0 aromatic heterocycles. The van der Waals surface area contributed by atoms with Gasteiger partial charge in [-0.1, -0.05) is 18.7 Å². The molecule has 0 atom stereocenters. The summed E-state index contributed by atoms with van der Waals surface area (Å²) in [6.07, 6.45) is 3.40. The lowest BCUT2D eigenvalue weighted by molar-refractivity contribution is -0.131. The molecule has 3 aromatic carbocycles. The maximum atomic E-state index is 12.2. The van der Waals surface area contributed by atoms with Crippen molar-refractivity contribution in [1.82, 2.24) is 0 Å². The van der Waals surface area contributed by atoms with Gasteiger partial charge in [0.15, 0.2) is 14.7 Å². The van der Waals surface area contributed by atoms with Crippen LogP contribution in [0.2, 0.25) is 0 Å². The Morgan fingerprint density at radius 2 is 0.846 bits per heavy atom. The Kier molecular flexibility index (Phi) is 10.1. The van der Waals surface area contributed by atoms with E-state index in [0.29, 0.717) is 34.0 Å². The first-order valence-electron chi connectivity index (χ1n) is 12.2. The molecular weight excluding hydrogens is 512 g/mol. The molecular formula is C32H31O6S+. The van der Waals surface area contributed by atoms with E-state index in [0.717, 1.165) is 14.7 Å². The molecule has 0 aliphatic heterocycles. The largest absolute Gasteiger partial charge is 0.423 e. The summed E-state index contributed by atoms with van der Waals surface area (Å²) in [6, 6.07) is 22.0. The lowest BCUT2D eigenvalue weighted by Crippen LogP contribution is -2.10. The third-order valence-corrected chi connectivity index (χ3v) is 7.90. The second-order valence-electron chi connectivity index (χ2n) is 8.61. The molecule has 0 aliphatic rings. The van der Waals surface area contributed by atoms with Crippen molar-refractivity contribution in [2.75, 3.05) is 0 Å². The third kappa shape index (κ3) is 7.82. The highest BCUT2D eigenvalue weighted by molar-refractivity contribution is 7.97.